The number of aliphatic hydroxyl groups is 3. The van der Waals surface area contributed by atoms with E-state index in [9.17, 15) is 15.3 Å². The van der Waals surface area contributed by atoms with Crippen LogP contribution < -0.4 is 0 Å². The van der Waals surface area contributed by atoms with Crippen molar-refractivity contribution in [3.05, 3.63) is 0 Å². The number of aliphatic hydroxyl groups excluding tert-OH is 3. The van der Waals surface area contributed by atoms with Gasteiger partial charge in [0.15, 0.2) is 0 Å². The average Bonchev–Trinajstić information content (AvgIpc) is 1.84. The Hall–Kier alpha value is 0.310. The van der Waals surface area contributed by atoms with Crippen LogP contribution in [0.3, 0.4) is 0 Å². The van der Waals surface area contributed by atoms with Crippen LogP contribution >= 0.6 is 7.26 Å². The van der Waals surface area contributed by atoms with Gasteiger partial charge in [-0.1, -0.05) is 0 Å². The molecule has 0 aromatic rings. The van der Waals surface area contributed by atoms with Gasteiger partial charge in [-0.05, 0) is 0 Å². The Morgan fingerprint density at radius 3 is 1.00 bits per heavy atom. The van der Waals surface area contributed by atoms with Crippen LogP contribution in [-0.2, 0) is 0 Å². The van der Waals surface area contributed by atoms with Crippen molar-refractivity contribution in [2.75, 3.05) is 6.66 Å². The van der Waals surface area contributed by atoms with Crippen molar-refractivity contribution in [1.29, 1.82) is 0 Å². The molecule has 0 amide bonds. The van der Waals surface area contributed by atoms with Gasteiger partial charge in [0, 0.05) is 0 Å². The van der Waals surface area contributed by atoms with E-state index in [4.69, 9.17) is 0 Å². The van der Waals surface area contributed by atoms with Crippen LogP contribution in [0.25, 0.3) is 0 Å². The molecule has 0 radical (unpaired) electrons. The van der Waals surface area contributed by atoms with Gasteiger partial charge in [0.05, 0.1) is 0 Å². The summed E-state index contributed by atoms with van der Waals surface area (Å²) in [6.45, 7) is 6.69. The first-order valence-electron chi connectivity index (χ1n) is 3.87. The van der Waals surface area contributed by atoms with E-state index >= 15 is 0 Å². The molecule has 3 nitrogen and oxygen atoms in total. The Morgan fingerprint density at radius 2 is 1.00 bits per heavy atom. The molecule has 4 heteroatoms. The first-order chi connectivity index (χ1) is 4.83. The van der Waals surface area contributed by atoms with Crippen molar-refractivity contribution in [1.82, 2.24) is 0 Å². The Bertz CT molecular complexity index is 101. The van der Waals surface area contributed by atoms with Crippen LogP contribution in [-0.4, -0.2) is 39.5 Å². The number of rotatable bonds is 3. The summed E-state index contributed by atoms with van der Waals surface area (Å²) in [5.74, 6) is -1.74. The third kappa shape index (κ3) is 2.12. The van der Waals surface area contributed by atoms with E-state index in [1.165, 1.54) is 0 Å². The monoisotopic (exact) mass is 182 g/mol. The van der Waals surface area contributed by atoms with Crippen LogP contribution in [0, 0.1) is 0 Å². The predicted octanol–water partition coefficient (Wildman–Crippen LogP) is 0.381. The van der Waals surface area contributed by atoms with Crippen molar-refractivity contribution in [2.24, 2.45) is 0 Å². The Kier molecular flexibility index (Phi) is 3.92. The second-order valence-corrected chi connectivity index (χ2v) is 8.63. The molecule has 70 valence electrons. The summed E-state index contributed by atoms with van der Waals surface area (Å²) in [7, 11) is -2.31. The molecule has 3 atom stereocenters. The first kappa shape index (κ1) is 11.3. The summed E-state index contributed by atoms with van der Waals surface area (Å²) in [6.07, 6.45) is 0. The minimum absolute atomic E-state index is 0.581. The van der Waals surface area contributed by atoms with E-state index in [1.54, 1.807) is 27.4 Å². The summed E-state index contributed by atoms with van der Waals surface area (Å²) in [5.41, 5.74) is 0. The van der Waals surface area contributed by atoms with Gasteiger partial charge in [0.2, 0.25) is 0 Å². The molecule has 0 aliphatic carbocycles. The average molecular weight is 182 g/mol. The van der Waals surface area contributed by atoms with Gasteiger partial charge < -0.3 is 0 Å². The Morgan fingerprint density at radius 1 is 0.818 bits per heavy atom. The SMILES string of the molecule is CC(O)[PH](C)(C(C)O)C(C)O. The maximum atomic E-state index is 9.35. The molecule has 0 saturated carbocycles. The third-order valence-corrected chi connectivity index (χ3v) is 8.10. The van der Waals surface area contributed by atoms with Gasteiger partial charge in [-0.2, -0.15) is 0 Å². The zero-order valence-electron chi connectivity index (χ0n) is 7.57. The van der Waals surface area contributed by atoms with Gasteiger partial charge in [0.25, 0.3) is 0 Å². The van der Waals surface area contributed by atoms with E-state index in [1.807, 2.05) is 0 Å². The van der Waals surface area contributed by atoms with E-state index < -0.39 is 24.8 Å². The van der Waals surface area contributed by atoms with E-state index in [-0.39, 0.29) is 0 Å². The number of hydrogen-bond donors (Lipinski definition) is 3. The van der Waals surface area contributed by atoms with Crippen LogP contribution in [0.15, 0.2) is 0 Å². The van der Waals surface area contributed by atoms with E-state index in [0.717, 1.165) is 0 Å². The molecular formula is C7H19O3P. The zero-order chi connectivity index (χ0) is 9.23. The fraction of sp³-hybridized carbons (Fsp3) is 1.00. The molecule has 0 aliphatic rings. The molecule has 3 N–H and O–H groups in total. The van der Waals surface area contributed by atoms with E-state index in [0.29, 0.717) is 0 Å². The quantitative estimate of drug-likeness (QED) is 0.553. The van der Waals surface area contributed by atoms with Crippen molar-refractivity contribution >= 4 is 7.26 Å². The van der Waals surface area contributed by atoms with Gasteiger partial charge >= 0.3 is 67.6 Å². The molecule has 0 aromatic heterocycles. The topological polar surface area (TPSA) is 60.7 Å². The van der Waals surface area contributed by atoms with Crippen LogP contribution in [0.5, 0.6) is 0 Å². The summed E-state index contributed by atoms with van der Waals surface area (Å²) >= 11 is 0. The molecule has 0 spiro atoms. The van der Waals surface area contributed by atoms with Crippen LogP contribution in [0.2, 0.25) is 0 Å². The Labute approximate surface area is 68.4 Å². The summed E-state index contributed by atoms with van der Waals surface area (Å²) < 4.78 is 0. The summed E-state index contributed by atoms with van der Waals surface area (Å²) in [4.78, 5) is 0. The summed E-state index contributed by atoms with van der Waals surface area (Å²) in [5, 5.41) is 28.1. The predicted molar refractivity (Wildman–Crippen MR) is 49.3 cm³/mol. The van der Waals surface area contributed by atoms with Crippen molar-refractivity contribution in [2.45, 2.75) is 38.3 Å². The molecule has 0 aliphatic heterocycles. The molecule has 11 heavy (non-hydrogen) atoms. The van der Waals surface area contributed by atoms with Crippen LogP contribution in [0.4, 0.5) is 0 Å². The molecule has 0 bridgehead atoms. The van der Waals surface area contributed by atoms with Gasteiger partial charge in [0.1, 0.15) is 0 Å². The van der Waals surface area contributed by atoms with Crippen molar-refractivity contribution in [3.8, 4) is 0 Å². The maximum absolute atomic E-state index is 9.35. The molecule has 0 aromatic carbocycles. The molecule has 0 heterocycles. The molecule has 0 fully saturated rings. The first-order valence-corrected chi connectivity index (χ1v) is 6.60. The zero-order valence-corrected chi connectivity index (χ0v) is 8.57. The van der Waals surface area contributed by atoms with Gasteiger partial charge in [-0.25, -0.2) is 0 Å². The molecular weight excluding hydrogens is 163 g/mol. The second kappa shape index (κ2) is 3.81. The second-order valence-electron chi connectivity index (χ2n) is 3.39. The molecule has 0 rings (SSSR count). The summed E-state index contributed by atoms with van der Waals surface area (Å²) in [6, 6.07) is 0. The van der Waals surface area contributed by atoms with Gasteiger partial charge in [-0.3, -0.25) is 0 Å². The minimum atomic E-state index is -2.31. The fourth-order valence-electron chi connectivity index (χ4n) is 1.05. The molecule has 0 saturated heterocycles. The fourth-order valence-corrected chi connectivity index (χ4v) is 3.14. The standard InChI is InChI=1S/C7H19O3P/c1-5(8)11(4,6(2)9)7(3)10/h5-11H,1-4H3. The Balaban J connectivity index is 4.53. The molecule has 3 unspecified atom stereocenters. The number of hydrogen-bond acceptors (Lipinski definition) is 3. The van der Waals surface area contributed by atoms with E-state index in [2.05, 4.69) is 0 Å². The normalized spacial score (nSPS) is 22.5. The van der Waals surface area contributed by atoms with Crippen LogP contribution in [0.1, 0.15) is 20.8 Å². The van der Waals surface area contributed by atoms with Crippen molar-refractivity contribution < 1.29 is 15.3 Å². The third-order valence-electron chi connectivity index (χ3n) is 2.70. The van der Waals surface area contributed by atoms with Gasteiger partial charge in [-0.15, -0.1) is 0 Å². The van der Waals surface area contributed by atoms with Crippen molar-refractivity contribution in [3.63, 3.8) is 0 Å².